The third kappa shape index (κ3) is 3.92. The van der Waals surface area contributed by atoms with E-state index in [4.69, 9.17) is 4.74 Å². The molecular weight excluding hydrogens is 314 g/mol. The Hall–Kier alpha value is -1.86. The number of hydrogen-bond acceptors (Lipinski definition) is 5. The van der Waals surface area contributed by atoms with E-state index in [1.54, 1.807) is 0 Å². The van der Waals surface area contributed by atoms with Gasteiger partial charge in [0.2, 0.25) is 5.91 Å². The number of aryl methyl sites for hydroxylation is 1. The fourth-order valence-corrected chi connectivity index (χ4v) is 3.60. The highest BCUT2D eigenvalue weighted by atomic mass is 32.2. The molecule has 1 fully saturated rings. The lowest BCUT2D eigenvalue weighted by atomic mass is 10.2. The Bertz CT molecular complexity index is 641. The van der Waals surface area contributed by atoms with E-state index in [0.29, 0.717) is 18.4 Å². The standard InChI is InChI=1S/C16H19N3O3S/c1-11-4-2-3-5-12(11)17-14(20)10-13-15(21)18-16(23-13)19-6-8-22-9-7-19/h2-5,13H,6-10H2,1H3,(H,17,20)/t13-/m0/s1. The Morgan fingerprint density at radius 1 is 1.39 bits per heavy atom. The highest BCUT2D eigenvalue weighted by Crippen LogP contribution is 2.28. The minimum Gasteiger partial charge on any atom is -0.378 e. The lowest BCUT2D eigenvalue weighted by Gasteiger charge is -2.27. The number of benzene rings is 1. The SMILES string of the molecule is Cc1ccccc1NC(=O)C[C@@H]1SC(N2CCOCC2)=NC1=O. The summed E-state index contributed by atoms with van der Waals surface area (Å²) in [4.78, 5) is 30.4. The summed E-state index contributed by atoms with van der Waals surface area (Å²) in [5.41, 5.74) is 1.78. The first-order valence-electron chi connectivity index (χ1n) is 7.61. The molecule has 0 radical (unpaired) electrons. The van der Waals surface area contributed by atoms with Gasteiger partial charge in [-0.05, 0) is 18.6 Å². The first-order chi connectivity index (χ1) is 11.1. The van der Waals surface area contributed by atoms with E-state index in [1.165, 1.54) is 11.8 Å². The van der Waals surface area contributed by atoms with Crippen molar-refractivity contribution in [2.75, 3.05) is 31.6 Å². The third-order valence-corrected chi connectivity index (χ3v) is 5.01. The van der Waals surface area contributed by atoms with Gasteiger partial charge in [-0.3, -0.25) is 9.59 Å². The number of hydrogen-bond donors (Lipinski definition) is 1. The van der Waals surface area contributed by atoms with E-state index in [9.17, 15) is 9.59 Å². The number of thioether (sulfide) groups is 1. The second kappa shape index (κ2) is 7.14. The number of amides is 2. The molecule has 1 saturated heterocycles. The maximum atomic E-state index is 12.2. The van der Waals surface area contributed by atoms with Gasteiger partial charge in [0.25, 0.3) is 5.91 Å². The molecule has 3 rings (SSSR count). The van der Waals surface area contributed by atoms with Crippen LogP contribution >= 0.6 is 11.8 Å². The molecule has 0 aromatic heterocycles. The quantitative estimate of drug-likeness (QED) is 0.911. The molecule has 2 heterocycles. The Balaban J connectivity index is 1.56. The number of morpholine rings is 1. The minimum atomic E-state index is -0.433. The third-order valence-electron chi connectivity index (χ3n) is 3.80. The molecule has 0 unspecified atom stereocenters. The number of aliphatic imine (C=N–C) groups is 1. The van der Waals surface area contributed by atoms with Gasteiger partial charge in [-0.15, -0.1) is 0 Å². The van der Waals surface area contributed by atoms with Crippen LogP contribution in [0.25, 0.3) is 0 Å². The molecule has 122 valence electrons. The minimum absolute atomic E-state index is 0.134. The van der Waals surface area contributed by atoms with Crippen molar-refractivity contribution in [2.24, 2.45) is 4.99 Å². The maximum Gasteiger partial charge on any atom is 0.262 e. The van der Waals surface area contributed by atoms with Gasteiger partial charge in [0, 0.05) is 25.2 Å². The summed E-state index contributed by atoms with van der Waals surface area (Å²) in [7, 11) is 0. The lowest BCUT2D eigenvalue weighted by molar-refractivity contribution is -0.121. The summed E-state index contributed by atoms with van der Waals surface area (Å²) in [6.45, 7) is 4.70. The number of ether oxygens (including phenoxy) is 1. The van der Waals surface area contributed by atoms with Crippen LogP contribution in [-0.4, -0.2) is 53.4 Å². The molecule has 1 N–H and O–H groups in total. The zero-order chi connectivity index (χ0) is 16.2. The van der Waals surface area contributed by atoms with Gasteiger partial charge in [-0.2, -0.15) is 4.99 Å². The van der Waals surface area contributed by atoms with Crippen LogP contribution in [0, 0.1) is 6.92 Å². The highest BCUT2D eigenvalue weighted by Gasteiger charge is 2.33. The lowest BCUT2D eigenvalue weighted by Crippen LogP contribution is -2.39. The Morgan fingerprint density at radius 2 is 2.13 bits per heavy atom. The number of amidine groups is 1. The fraction of sp³-hybridized carbons (Fsp3) is 0.438. The van der Waals surface area contributed by atoms with E-state index >= 15 is 0 Å². The van der Waals surface area contributed by atoms with Gasteiger partial charge in [0.15, 0.2) is 5.17 Å². The largest absolute Gasteiger partial charge is 0.378 e. The van der Waals surface area contributed by atoms with Crippen molar-refractivity contribution in [3.05, 3.63) is 29.8 Å². The normalized spacial score (nSPS) is 21.3. The van der Waals surface area contributed by atoms with Crippen LogP contribution in [0.15, 0.2) is 29.3 Å². The summed E-state index contributed by atoms with van der Waals surface area (Å²) < 4.78 is 5.30. The van der Waals surface area contributed by atoms with Crippen LogP contribution in [0.2, 0.25) is 0 Å². The Kier molecular flexibility index (Phi) is 4.97. The highest BCUT2D eigenvalue weighted by molar-refractivity contribution is 8.15. The van der Waals surface area contributed by atoms with Crippen molar-refractivity contribution in [2.45, 2.75) is 18.6 Å². The molecule has 0 saturated carbocycles. The number of carbonyl (C=O) groups excluding carboxylic acids is 2. The van der Waals surface area contributed by atoms with Crippen molar-refractivity contribution in [3.63, 3.8) is 0 Å². The first kappa shape index (κ1) is 16.0. The molecular formula is C16H19N3O3S. The van der Waals surface area contributed by atoms with Crippen LogP contribution in [0.3, 0.4) is 0 Å². The second-order valence-electron chi connectivity index (χ2n) is 5.51. The van der Waals surface area contributed by atoms with Crippen molar-refractivity contribution < 1.29 is 14.3 Å². The Labute approximate surface area is 139 Å². The van der Waals surface area contributed by atoms with Crippen molar-refractivity contribution in [1.82, 2.24) is 4.90 Å². The Morgan fingerprint density at radius 3 is 2.87 bits per heavy atom. The summed E-state index contributed by atoms with van der Waals surface area (Å²) >= 11 is 1.38. The molecule has 23 heavy (non-hydrogen) atoms. The van der Waals surface area contributed by atoms with Crippen molar-refractivity contribution in [3.8, 4) is 0 Å². The number of anilines is 1. The van der Waals surface area contributed by atoms with Crippen LogP contribution in [0.1, 0.15) is 12.0 Å². The van der Waals surface area contributed by atoms with Crippen LogP contribution in [0.5, 0.6) is 0 Å². The van der Waals surface area contributed by atoms with Crippen LogP contribution in [-0.2, 0) is 14.3 Å². The van der Waals surface area contributed by atoms with E-state index < -0.39 is 5.25 Å². The van der Waals surface area contributed by atoms with Crippen LogP contribution in [0.4, 0.5) is 5.69 Å². The zero-order valence-corrected chi connectivity index (χ0v) is 13.8. The number of rotatable bonds is 3. The molecule has 1 atom stereocenters. The molecule has 0 bridgehead atoms. The number of nitrogens with zero attached hydrogens (tertiary/aromatic N) is 2. The number of nitrogens with one attached hydrogen (secondary N) is 1. The van der Waals surface area contributed by atoms with E-state index in [0.717, 1.165) is 24.3 Å². The predicted molar refractivity (Wildman–Crippen MR) is 90.6 cm³/mol. The van der Waals surface area contributed by atoms with Gasteiger partial charge < -0.3 is 15.0 Å². The molecule has 1 aromatic carbocycles. The van der Waals surface area contributed by atoms with Gasteiger partial charge >= 0.3 is 0 Å². The summed E-state index contributed by atoms with van der Waals surface area (Å²) in [6.07, 6.45) is 0.134. The zero-order valence-electron chi connectivity index (χ0n) is 12.9. The summed E-state index contributed by atoms with van der Waals surface area (Å²) in [5.74, 6) is -0.389. The number of para-hydroxylation sites is 1. The maximum absolute atomic E-state index is 12.2. The molecule has 7 heteroatoms. The predicted octanol–water partition coefficient (Wildman–Crippen LogP) is 1.65. The van der Waals surface area contributed by atoms with E-state index in [-0.39, 0.29) is 18.2 Å². The number of carbonyl (C=O) groups is 2. The van der Waals surface area contributed by atoms with Gasteiger partial charge in [-0.1, -0.05) is 30.0 Å². The van der Waals surface area contributed by atoms with Crippen LogP contribution < -0.4 is 5.32 Å². The average molecular weight is 333 g/mol. The molecule has 2 amide bonds. The second-order valence-corrected chi connectivity index (χ2v) is 6.68. The average Bonchev–Trinajstić information content (AvgIpc) is 2.91. The van der Waals surface area contributed by atoms with Gasteiger partial charge in [-0.25, -0.2) is 0 Å². The summed E-state index contributed by atoms with van der Waals surface area (Å²) in [6, 6.07) is 7.58. The first-order valence-corrected chi connectivity index (χ1v) is 8.49. The van der Waals surface area contributed by atoms with E-state index in [1.807, 2.05) is 36.1 Å². The molecule has 0 spiro atoms. The monoisotopic (exact) mass is 333 g/mol. The molecule has 1 aromatic rings. The molecule has 2 aliphatic heterocycles. The fourth-order valence-electron chi connectivity index (χ4n) is 2.48. The van der Waals surface area contributed by atoms with Gasteiger partial charge in [0.1, 0.15) is 5.25 Å². The van der Waals surface area contributed by atoms with Crippen molar-refractivity contribution in [1.29, 1.82) is 0 Å². The topological polar surface area (TPSA) is 71.0 Å². The smallest absolute Gasteiger partial charge is 0.262 e. The molecule has 2 aliphatic rings. The van der Waals surface area contributed by atoms with Gasteiger partial charge in [0.05, 0.1) is 13.2 Å². The molecule has 0 aliphatic carbocycles. The van der Waals surface area contributed by atoms with E-state index in [2.05, 4.69) is 10.3 Å². The molecule has 6 nitrogen and oxygen atoms in total. The summed E-state index contributed by atoms with van der Waals surface area (Å²) in [5, 5.41) is 3.14. The van der Waals surface area contributed by atoms with Crippen molar-refractivity contribution >= 4 is 34.4 Å².